The maximum absolute atomic E-state index is 9.64. The minimum absolute atomic E-state index is 0.0417. The molecule has 2 unspecified atom stereocenters. The molecule has 232 valence electrons. The predicted molar refractivity (Wildman–Crippen MR) is 141 cm³/mol. The van der Waals surface area contributed by atoms with Crippen LogP contribution in [0.25, 0.3) is 0 Å². The third kappa shape index (κ3) is 8.11. The van der Waals surface area contributed by atoms with Crippen LogP contribution in [0.4, 0.5) is 35.7 Å². The van der Waals surface area contributed by atoms with Crippen LogP contribution in [-0.2, 0) is 28.8 Å². The molecule has 3 rings (SSSR count). The van der Waals surface area contributed by atoms with E-state index in [0.29, 0.717) is 0 Å². The monoisotopic (exact) mass is 592 g/mol. The van der Waals surface area contributed by atoms with Gasteiger partial charge in [-0.3, -0.25) is 19.4 Å². The van der Waals surface area contributed by atoms with E-state index in [9.17, 15) is 5.11 Å². The number of anilines is 6. The standard InChI is InChI=1S/C10H24N6O7.2C3H6N6/c1-18-9(13-20-3)12-8(11)15(22-5)10(19-2,16(9)23-6)14(7-17)21-4;2*4-1-7-2(5)9-3(6)8-1/h13,17H,7H2,1-6H3,(H2,11,12);2*(H6,4,5,6,7,8,9). The summed E-state index contributed by atoms with van der Waals surface area (Å²) in [5, 5.41) is 12.6. The first-order valence-corrected chi connectivity index (χ1v) is 10.8. The van der Waals surface area contributed by atoms with Crippen molar-refractivity contribution in [2.45, 2.75) is 11.9 Å². The second-order valence-corrected chi connectivity index (χ2v) is 6.84. The van der Waals surface area contributed by atoms with Gasteiger partial charge >= 0.3 is 11.9 Å². The normalized spacial score (nSPS) is 20.5. The number of aliphatic hydroxyl groups is 1. The fourth-order valence-electron chi connectivity index (χ4n) is 3.09. The van der Waals surface area contributed by atoms with Crippen molar-refractivity contribution in [3.05, 3.63) is 0 Å². The summed E-state index contributed by atoms with van der Waals surface area (Å²) in [5.41, 5.74) is 39.3. The van der Waals surface area contributed by atoms with Crippen molar-refractivity contribution in [2.24, 2.45) is 10.7 Å². The van der Waals surface area contributed by atoms with Crippen molar-refractivity contribution in [1.82, 2.24) is 50.6 Å². The summed E-state index contributed by atoms with van der Waals surface area (Å²) < 4.78 is 10.9. The molecule has 1 aliphatic rings. The minimum Gasteiger partial charge on any atom is -0.379 e. The minimum atomic E-state index is -1.86. The second kappa shape index (κ2) is 15.5. The molecule has 0 saturated heterocycles. The van der Waals surface area contributed by atoms with Crippen molar-refractivity contribution in [1.29, 1.82) is 0 Å². The number of guanidine groups is 1. The number of nitrogens with one attached hydrogen (secondary N) is 1. The highest BCUT2D eigenvalue weighted by Gasteiger charge is 2.64. The van der Waals surface area contributed by atoms with Crippen LogP contribution >= 0.6 is 0 Å². The number of aliphatic imine (C=N–C) groups is 1. The Morgan fingerprint density at radius 1 is 0.707 bits per heavy atom. The zero-order chi connectivity index (χ0) is 31.4. The van der Waals surface area contributed by atoms with E-state index in [-0.39, 0.29) is 41.6 Å². The fourth-order valence-corrected chi connectivity index (χ4v) is 3.09. The van der Waals surface area contributed by atoms with Crippen LogP contribution in [0.15, 0.2) is 4.99 Å². The van der Waals surface area contributed by atoms with Crippen LogP contribution in [0, 0.1) is 0 Å². The Kier molecular flexibility index (Phi) is 13.1. The highest BCUT2D eigenvalue weighted by atomic mass is 16.9. The molecule has 25 heteroatoms. The van der Waals surface area contributed by atoms with Gasteiger partial charge in [-0.05, 0) is 0 Å². The van der Waals surface area contributed by atoms with Gasteiger partial charge in [0.1, 0.15) is 6.73 Å². The van der Waals surface area contributed by atoms with E-state index in [1.807, 2.05) is 0 Å². The third-order valence-corrected chi connectivity index (χ3v) is 4.49. The zero-order valence-corrected chi connectivity index (χ0v) is 23.1. The van der Waals surface area contributed by atoms with Gasteiger partial charge in [0.15, 0.2) is 0 Å². The summed E-state index contributed by atoms with van der Waals surface area (Å²) >= 11 is 0. The van der Waals surface area contributed by atoms with Crippen molar-refractivity contribution in [3.8, 4) is 0 Å². The van der Waals surface area contributed by atoms with E-state index in [4.69, 9.17) is 69.0 Å². The molecule has 2 aromatic rings. The zero-order valence-electron chi connectivity index (χ0n) is 23.1. The summed E-state index contributed by atoms with van der Waals surface area (Å²) in [4.78, 5) is 45.7. The van der Waals surface area contributed by atoms with E-state index >= 15 is 0 Å². The molecule has 16 N–H and O–H groups in total. The van der Waals surface area contributed by atoms with E-state index < -0.39 is 18.7 Å². The molecule has 0 saturated carbocycles. The topological polar surface area (TPSA) is 369 Å². The molecule has 0 fully saturated rings. The molecule has 1 aliphatic heterocycles. The van der Waals surface area contributed by atoms with Crippen molar-refractivity contribution >= 4 is 41.6 Å². The molecule has 0 aromatic carbocycles. The number of nitrogen functional groups attached to an aromatic ring is 6. The summed E-state index contributed by atoms with van der Waals surface area (Å²) in [6.07, 6.45) is 0. The number of aromatic nitrogens is 6. The predicted octanol–water partition coefficient (Wildman–Crippen LogP) is -5.24. The van der Waals surface area contributed by atoms with Crippen LogP contribution in [-0.4, -0.2) is 117 Å². The number of ether oxygens (including phenoxy) is 2. The number of hydrogen-bond donors (Lipinski definition) is 9. The summed E-state index contributed by atoms with van der Waals surface area (Å²) in [6.45, 7) is -0.621. The van der Waals surface area contributed by atoms with Crippen LogP contribution in [0.2, 0.25) is 0 Å². The number of rotatable bonds is 9. The van der Waals surface area contributed by atoms with Gasteiger partial charge in [0.05, 0.1) is 28.4 Å². The van der Waals surface area contributed by atoms with Gasteiger partial charge < -0.3 is 54.7 Å². The van der Waals surface area contributed by atoms with Crippen molar-refractivity contribution < 1.29 is 33.9 Å². The SMILES string of the molecule is CONC1(OC)N=C(N)N(OC)C(OC)(N(CO)OC)N1OC.Nc1nc(N)nc(N)n1.Nc1nc(N)nc(N)n1. The fraction of sp³-hybridized carbons (Fsp3) is 0.562. The first-order valence-electron chi connectivity index (χ1n) is 10.8. The summed E-state index contributed by atoms with van der Waals surface area (Å²) in [6, 6.07) is 0. The Morgan fingerprint density at radius 3 is 1.37 bits per heavy atom. The molecular formula is C16H36N18O7. The average Bonchev–Trinajstić information content (AvgIpc) is 2.88. The number of hydroxylamine groups is 7. The van der Waals surface area contributed by atoms with Gasteiger partial charge in [0, 0.05) is 14.2 Å². The van der Waals surface area contributed by atoms with Gasteiger partial charge in [0.25, 0.3) is 0 Å². The molecule has 0 radical (unpaired) electrons. The van der Waals surface area contributed by atoms with E-state index in [0.717, 1.165) is 15.2 Å². The van der Waals surface area contributed by atoms with Gasteiger partial charge in [0.2, 0.25) is 41.6 Å². The molecule has 41 heavy (non-hydrogen) atoms. The number of methoxy groups -OCH3 is 2. The highest BCUT2D eigenvalue weighted by molar-refractivity contribution is 5.78. The maximum Gasteiger partial charge on any atom is 0.342 e. The number of hydrogen-bond acceptors (Lipinski definition) is 25. The van der Waals surface area contributed by atoms with Crippen molar-refractivity contribution in [2.75, 3.05) is 83.8 Å². The van der Waals surface area contributed by atoms with E-state index in [1.54, 1.807) is 0 Å². The smallest absolute Gasteiger partial charge is 0.342 e. The Balaban J connectivity index is 0.000000377. The highest BCUT2D eigenvalue weighted by Crippen LogP contribution is 2.37. The maximum atomic E-state index is 9.64. The van der Waals surface area contributed by atoms with Crippen LogP contribution in [0.3, 0.4) is 0 Å². The molecule has 0 amide bonds. The lowest BCUT2D eigenvalue weighted by Crippen LogP contribution is -2.82. The Hall–Kier alpha value is -4.31. The molecule has 0 aliphatic carbocycles. The molecule has 0 spiro atoms. The first-order chi connectivity index (χ1) is 19.3. The van der Waals surface area contributed by atoms with Crippen LogP contribution in [0.1, 0.15) is 0 Å². The van der Waals surface area contributed by atoms with Gasteiger partial charge in [-0.15, -0.1) is 5.48 Å². The number of aliphatic hydroxyl groups excluding tert-OH is 1. The second-order valence-electron chi connectivity index (χ2n) is 6.84. The molecule has 0 bridgehead atoms. The largest absolute Gasteiger partial charge is 0.379 e. The third-order valence-electron chi connectivity index (χ3n) is 4.49. The molecule has 2 atom stereocenters. The quantitative estimate of drug-likeness (QED) is 0.0969. The van der Waals surface area contributed by atoms with E-state index in [2.05, 4.69) is 40.4 Å². The molecular weight excluding hydrogens is 556 g/mol. The van der Waals surface area contributed by atoms with Gasteiger partial charge in [-0.2, -0.15) is 40.0 Å². The molecule has 25 nitrogen and oxygen atoms in total. The van der Waals surface area contributed by atoms with Crippen LogP contribution in [0.5, 0.6) is 0 Å². The summed E-state index contributed by atoms with van der Waals surface area (Å²) in [7, 11) is 7.92. The Morgan fingerprint density at radius 2 is 1.12 bits per heavy atom. The Bertz CT molecular complexity index is 978. The average molecular weight is 593 g/mol. The van der Waals surface area contributed by atoms with Gasteiger partial charge in [-0.25, -0.2) is 0 Å². The number of nitrogens with zero attached hydrogens (tertiary/aromatic N) is 10. The van der Waals surface area contributed by atoms with Crippen LogP contribution < -0.4 is 45.6 Å². The first kappa shape index (κ1) is 34.7. The molecule has 2 aromatic heterocycles. The Labute approximate surface area is 233 Å². The molecule has 3 heterocycles. The lowest BCUT2D eigenvalue weighted by Gasteiger charge is -2.55. The van der Waals surface area contributed by atoms with Crippen molar-refractivity contribution in [3.63, 3.8) is 0 Å². The van der Waals surface area contributed by atoms with Gasteiger partial charge in [-0.1, -0.05) is 10.1 Å². The lowest BCUT2D eigenvalue weighted by atomic mass is 10.4. The number of nitrogens with two attached hydrogens (primary N) is 7. The lowest BCUT2D eigenvalue weighted by molar-refractivity contribution is -0.542. The summed E-state index contributed by atoms with van der Waals surface area (Å²) in [5.74, 6) is -3.56. The van der Waals surface area contributed by atoms with E-state index in [1.165, 1.54) is 42.7 Å².